The van der Waals surface area contributed by atoms with Gasteiger partial charge in [0.25, 0.3) is 0 Å². The Hall–Kier alpha value is -1.88. The van der Waals surface area contributed by atoms with Gasteiger partial charge in [-0.3, -0.25) is 0 Å². The van der Waals surface area contributed by atoms with Gasteiger partial charge in [0.05, 0.1) is 5.56 Å². The second-order valence-electron chi connectivity index (χ2n) is 4.42. The van der Waals surface area contributed by atoms with E-state index in [-0.39, 0.29) is 12.1 Å². The lowest BCUT2D eigenvalue weighted by Crippen LogP contribution is -2.05. The van der Waals surface area contributed by atoms with Gasteiger partial charge < -0.3 is 10.4 Å². The summed E-state index contributed by atoms with van der Waals surface area (Å²) in [7, 11) is 0. The second kappa shape index (κ2) is 6.05. The van der Waals surface area contributed by atoms with E-state index in [0.29, 0.717) is 5.56 Å². The summed E-state index contributed by atoms with van der Waals surface area (Å²) >= 11 is 3.38. The molecular formula is C15H13BrFNO2. The number of anilines is 1. The standard InChI is InChI=1S/C15H13BrFNO2/c1-9-2-4-12(16)7-14(9)18-8-11-6-10(15(19)20)3-5-13(11)17/h2-7,18H,8H2,1H3,(H,19,20). The van der Waals surface area contributed by atoms with E-state index in [2.05, 4.69) is 21.2 Å². The number of aryl methyl sites for hydroxylation is 1. The molecule has 0 saturated carbocycles. The summed E-state index contributed by atoms with van der Waals surface area (Å²) in [4.78, 5) is 10.9. The monoisotopic (exact) mass is 337 g/mol. The molecule has 0 bridgehead atoms. The van der Waals surface area contributed by atoms with E-state index in [9.17, 15) is 9.18 Å². The van der Waals surface area contributed by atoms with Crippen molar-refractivity contribution < 1.29 is 14.3 Å². The number of rotatable bonds is 4. The normalized spacial score (nSPS) is 10.3. The van der Waals surface area contributed by atoms with E-state index in [1.807, 2.05) is 25.1 Å². The summed E-state index contributed by atoms with van der Waals surface area (Å²) in [5, 5.41) is 12.0. The zero-order valence-corrected chi connectivity index (χ0v) is 12.4. The van der Waals surface area contributed by atoms with Crippen LogP contribution in [0.1, 0.15) is 21.5 Å². The lowest BCUT2D eigenvalue weighted by molar-refractivity contribution is 0.0696. The maximum atomic E-state index is 13.7. The van der Waals surface area contributed by atoms with Crippen molar-refractivity contribution in [2.75, 3.05) is 5.32 Å². The molecule has 0 fully saturated rings. The fourth-order valence-corrected chi connectivity index (χ4v) is 2.18. The number of hydrogen-bond donors (Lipinski definition) is 2. The Morgan fingerprint density at radius 3 is 2.75 bits per heavy atom. The molecular weight excluding hydrogens is 325 g/mol. The molecule has 0 aromatic heterocycles. The van der Waals surface area contributed by atoms with Gasteiger partial charge in [-0.15, -0.1) is 0 Å². The molecule has 0 heterocycles. The van der Waals surface area contributed by atoms with Gasteiger partial charge in [0.1, 0.15) is 5.82 Å². The minimum atomic E-state index is -1.06. The third-order valence-corrected chi connectivity index (χ3v) is 3.45. The van der Waals surface area contributed by atoms with Crippen LogP contribution in [0.2, 0.25) is 0 Å². The second-order valence-corrected chi connectivity index (χ2v) is 5.34. The van der Waals surface area contributed by atoms with Crippen molar-refractivity contribution in [3.05, 3.63) is 63.4 Å². The summed E-state index contributed by atoms with van der Waals surface area (Å²) in [6.45, 7) is 2.17. The topological polar surface area (TPSA) is 49.3 Å². The molecule has 104 valence electrons. The number of carbonyl (C=O) groups is 1. The Bertz CT molecular complexity index is 658. The first-order valence-corrected chi connectivity index (χ1v) is 6.78. The molecule has 5 heteroatoms. The van der Waals surface area contributed by atoms with Crippen molar-refractivity contribution >= 4 is 27.6 Å². The first-order chi connectivity index (χ1) is 9.47. The van der Waals surface area contributed by atoms with Crippen molar-refractivity contribution in [2.45, 2.75) is 13.5 Å². The van der Waals surface area contributed by atoms with Gasteiger partial charge in [-0.25, -0.2) is 9.18 Å². The van der Waals surface area contributed by atoms with Crippen LogP contribution in [0, 0.1) is 12.7 Å². The van der Waals surface area contributed by atoms with Gasteiger partial charge in [0, 0.05) is 22.3 Å². The van der Waals surface area contributed by atoms with Crippen LogP contribution in [-0.2, 0) is 6.54 Å². The zero-order chi connectivity index (χ0) is 14.7. The highest BCUT2D eigenvalue weighted by Crippen LogP contribution is 2.22. The van der Waals surface area contributed by atoms with Crippen LogP contribution in [0.4, 0.5) is 10.1 Å². The van der Waals surface area contributed by atoms with Crippen LogP contribution in [0.25, 0.3) is 0 Å². The summed E-state index contributed by atoms with van der Waals surface area (Å²) in [5.41, 5.74) is 2.31. The van der Waals surface area contributed by atoms with E-state index in [0.717, 1.165) is 15.7 Å². The molecule has 0 atom stereocenters. The van der Waals surface area contributed by atoms with E-state index in [1.165, 1.54) is 18.2 Å². The highest BCUT2D eigenvalue weighted by atomic mass is 79.9. The van der Waals surface area contributed by atoms with Crippen LogP contribution >= 0.6 is 15.9 Å². The number of carboxylic acids is 1. The minimum absolute atomic E-state index is 0.0779. The predicted octanol–water partition coefficient (Wildman–Crippen LogP) is 4.21. The van der Waals surface area contributed by atoms with Crippen LogP contribution < -0.4 is 5.32 Å². The van der Waals surface area contributed by atoms with Crippen molar-refractivity contribution in [3.8, 4) is 0 Å². The summed E-state index contributed by atoms with van der Waals surface area (Å²) in [6, 6.07) is 9.54. The Morgan fingerprint density at radius 1 is 1.30 bits per heavy atom. The molecule has 0 amide bonds. The molecule has 2 aromatic rings. The lowest BCUT2D eigenvalue weighted by atomic mass is 10.1. The molecule has 20 heavy (non-hydrogen) atoms. The number of benzene rings is 2. The molecule has 0 saturated heterocycles. The molecule has 0 aliphatic carbocycles. The van der Waals surface area contributed by atoms with Gasteiger partial charge in [0.15, 0.2) is 0 Å². The average Bonchev–Trinajstić information content (AvgIpc) is 2.41. The van der Waals surface area contributed by atoms with E-state index < -0.39 is 11.8 Å². The van der Waals surface area contributed by atoms with Crippen LogP contribution in [-0.4, -0.2) is 11.1 Å². The first-order valence-electron chi connectivity index (χ1n) is 5.99. The van der Waals surface area contributed by atoms with Gasteiger partial charge >= 0.3 is 5.97 Å². The molecule has 0 aliphatic heterocycles. The fraction of sp³-hybridized carbons (Fsp3) is 0.133. The van der Waals surface area contributed by atoms with Gasteiger partial charge in [-0.05, 0) is 42.8 Å². The Morgan fingerprint density at radius 2 is 2.05 bits per heavy atom. The lowest BCUT2D eigenvalue weighted by Gasteiger charge is -2.11. The maximum Gasteiger partial charge on any atom is 0.335 e. The van der Waals surface area contributed by atoms with Gasteiger partial charge in [-0.1, -0.05) is 22.0 Å². The van der Waals surface area contributed by atoms with E-state index in [1.54, 1.807) is 0 Å². The Labute approximate surface area is 124 Å². The number of halogens is 2. The number of hydrogen-bond acceptors (Lipinski definition) is 2. The molecule has 0 spiro atoms. The Kier molecular flexibility index (Phi) is 4.39. The minimum Gasteiger partial charge on any atom is -0.478 e. The number of carboxylic acid groups (broad SMARTS) is 1. The largest absolute Gasteiger partial charge is 0.478 e. The highest BCUT2D eigenvalue weighted by Gasteiger charge is 2.09. The van der Waals surface area contributed by atoms with Gasteiger partial charge in [0.2, 0.25) is 0 Å². The van der Waals surface area contributed by atoms with E-state index in [4.69, 9.17) is 5.11 Å². The van der Waals surface area contributed by atoms with Gasteiger partial charge in [-0.2, -0.15) is 0 Å². The highest BCUT2D eigenvalue weighted by molar-refractivity contribution is 9.10. The van der Waals surface area contributed by atoms with Crippen molar-refractivity contribution in [3.63, 3.8) is 0 Å². The fourth-order valence-electron chi connectivity index (χ4n) is 1.82. The SMILES string of the molecule is Cc1ccc(Br)cc1NCc1cc(C(=O)O)ccc1F. The summed E-state index contributed by atoms with van der Waals surface area (Å²) < 4.78 is 14.6. The number of aromatic carboxylic acids is 1. The van der Waals surface area contributed by atoms with Crippen LogP contribution in [0.5, 0.6) is 0 Å². The first kappa shape index (κ1) is 14.5. The predicted molar refractivity (Wildman–Crippen MR) is 79.6 cm³/mol. The molecule has 2 N–H and O–H groups in total. The average molecular weight is 338 g/mol. The van der Waals surface area contributed by atoms with Crippen LogP contribution in [0.15, 0.2) is 40.9 Å². The van der Waals surface area contributed by atoms with Crippen molar-refractivity contribution in [2.24, 2.45) is 0 Å². The molecule has 3 nitrogen and oxygen atoms in total. The molecule has 2 aromatic carbocycles. The number of nitrogens with one attached hydrogen (secondary N) is 1. The quantitative estimate of drug-likeness (QED) is 0.878. The molecule has 0 aliphatic rings. The Balaban J connectivity index is 2.20. The summed E-state index contributed by atoms with van der Waals surface area (Å²) in [5.74, 6) is -1.49. The zero-order valence-electron chi connectivity index (χ0n) is 10.8. The van der Waals surface area contributed by atoms with Crippen LogP contribution in [0.3, 0.4) is 0 Å². The maximum absolute atomic E-state index is 13.7. The third-order valence-electron chi connectivity index (χ3n) is 2.96. The molecule has 0 unspecified atom stereocenters. The van der Waals surface area contributed by atoms with Crippen molar-refractivity contribution in [1.82, 2.24) is 0 Å². The smallest absolute Gasteiger partial charge is 0.335 e. The van der Waals surface area contributed by atoms with E-state index >= 15 is 0 Å². The van der Waals surface area contributed by atoms with Crippen molar-refractivity contribution in [1.29, 1.82) is 0 Å². The summed E-state index contributed by atoms with van der Waals surface area (Å²) in [6.07, 6.45) is 0. The molecule has 2 rings (SSSR count). The molecule has 0 radical (unpaired) electrons. The third kappa shape index (κ3) is 3.36.